The van der Waals surface area contributed by atoms with Gasteiger partial charge in [-0.15, -0.1) is 0 Å². The molecule has 0 saturated heterocycles. The van der Waals surface area contributed by atoms with Crippen molar-refractivity contribution in [2.75, 3.05) is 12.4 Å². The standard InChI is InChI=1S/C22H19N3O2/c1-27-18-9-5-8-16(10-18)21(26)20-14-25-22-19(20)11-17(13-24-22)23-12-15-6-3-2-4-7-15/h2-11,13-14,23H,12H2,1H3,(H,24,25). The molecule has 0 fully saturated rings. The van der Waals surface area contributed by atoms with Crippen molar-refractivity contribution in [3.63, 3.8) is 0 Å². The largest absolute Gasteiger partial charge is 0.497 e. The minimum absolute atomic E-state index is 0.0674. The van der Waals surface area contributed by atoms with Gasteiger partial charge in [0.25, 0.3) is 0 Å². The summed E-state index contributed by atoms with van der Waals surface area (Å²) in [4.78, 5) is 20.5. The van der Waals surface area contributed by atoms with Gasteiger partial charge in [0.1, 0.15) is 11.4 Å². The SMILES string of the molecule is COc1cccc(C(=O)c2c[nH]c3ncc(NCc4ccccc4)cc23)c1. The Balaban J connectivity index is 1.62. The molecule has 2 N–H and O–H groups in total. The van der Waals surface area contributed by atoms with Gasteiger partial charge < -0.3 is 15.0 Å². The second kappa shape index (κ2) is 7.33. The Bertz CT molecular complexity index is 1090. The molecule has 2 aromatic carbocycles. The zero-order valence-corrected chi connectivity index (χ0v) is 14.9. The molecule has 0 saturated carbocycles. The van der Waals surface area contributed by atoms with Crippen LogP contribution in [-0.4, -0.2) is 22.9 Å². The number of hydrogen-bond acceptors (Lipinski definition) is 4. The zero-order chi connectivity index (χ0) is 18.6. The molecule has 0 bridgehead atoms. The van der Waals surface area contributed by atoms with Gasteiger partial charge in [0, 0.05) is 29.3 Å². The molecule has 0 spiro atoms. The van der Waals surface area contributed by atoms with Crippen LogP contribution in [0.25, 0.3) is 11.0 Å². The molecule has 0 unspecified atom stereocenters. The van der Waals surface area contributed by atoms with Gasteiger partial charge in [-0.1, -0.05) is 42.5 Å². The highest BCUT2D eigenvalue weighted by Crippen LogP contribution is 2.24. The minimum atomic E-state index is -0.0674. The monoisotopic (exact) mass is 357 g/mol. The van der Waals surface area contributed by atoms with Gasteiger partial charge in [0.2, 0.25) is 0 Å². The van der Waals surface area contributed by atoms with E-state index >= 15 is 0 Å². The average molecular weight is 357 g/mol. The predicted molar refractivity (Wildman–Crippen MR) is 106 cm³/mol. The van der Waals surface area contributed by atoms with E-state index in [0.717, 1.165) is 11.1 Å². The van der Waals surface area contributed by atoms with E-state index in [0.29, 0.717) is 29.1 Å². The number of anilines is 1. The van der Waals surface area contributed by atoms with Crippen molar-refractivity contribution >= 4 is 22.5 Å². The number of benzene rings is 2. The highest BCUT2D eigenvalue weighted by atomic mass is 16.5. The zero-order valence-electron chi connectivity index (χ0n) is 14.9. The minimum Gasteiger partial charge on any atom is -0.497 e. The third-order valence-corrected chi connectivity index (χ3v) is 4.45. The number of H-pyrrole nitrogens is 1. The molecule has 5 nitrogen and oxygen atoms in total. The number of hydrogen-bond donors (Lipinski definition) is 2. The number of carbonyl (C=O) groups excluding carboxylic acids is 1. The molecule has 0 aliphatic rings. The van der Waals surface area contributed by atoms with Gasteiger partial charge in [-0.3, -0.25) is 4.79 Å². The molecular weight excluding hydrogens is 338 g/mol. The number of carbonyl (C=O) groups is 1. The van der Waals surface area contributed by atoms with E-state index in [9.17, 15) is 4.79 Å². The van der Waals surface area contributed by atoms with Crippen molar-refractivity contribution in [3.8, 4) is 5.75 Å². The van der Waals surface area contributed by atoms with Crippen LogP contribution in [-0.2, 0) is 6.54 Å². The van der Waals surface area contributed by atoms with Gasteiger partial charge in [-0.25, -0.2) is 4.98 Å². The van der Waals surface area contributed by atoms with E-state index in [1.54, 1.807) is 31.6 Å². The molecule has 2 aromatic heterocycles. The van der Waals surface area contributed by atoms with Crippen LogP contribution >= 0.6 is 0 Å². The summed E-state index contributed by atoms with van der Waals surface area (Å²) >= 11 is 0. The summed E-state index contributed by atoms with van der Waals surface area (Å²) in [6.45, 7) is 0.692. The first kappa shape index (κ1) is 16.8. The van der Waals surface area contributed by atoms with Crippen molar-refractivity contribution in [1.82, 2.24) is 9.97 Å². The maximum Gasteiger partial charge on any atom is 0.195 e. The number of ether oxygens (including phenoxy) is 1. The molecule has 0 radical (unpaired) electrons. The van der Waals surface area contributed by atoms with Crippen LogP contribution in [0.15, 0.2) is 73.1 Å². The summed E-state index contributed by atoms with van der Waals surface area (Å²) in [6, 6.07) is 19.2. The van der Waals surface area contributed by atoms with Crippen LogP contribution in [0.4, 0.5) is 5.69 Å². The lowest BCUT2D eigenvalue weighted by Crippen LogP contribution is -2.02. The van der Waals surface area contributed by atoms with Crippen LogP contribution in [0.5, 0.6) is 5.75 Å². The normalized spacial score (nSPS) is 10.7. The first-order chi connectivity index (χ1) is 13.2. The van der Waals surface area contributed by atoms with Crippen LogP contribution in [0, 0.1) is 0 Å². The lowest BCUT2D eigenvalue weighted by molar-refractivity contribution is 0.104. The van der Waals surface area contributed by atoms with Crippen molar-refractivity contribution in [2.24, 2.45) is 0 Å². The number of aromatic nitrogens is 2. The molecule has 0 amide bonds. The predicted octanol–water partition coefficient (Wildman–Crippen LogP) is 4.41. The molecule has 134 valence electrons. The van der Waals surface area contributed by atoms with Crippen LogP contribution in [0.3, 0.4) is 0 Å². The Morgan fingerprint density at radius 3 is 2.78 bits per heavy atom. The van der Waals surface area contributed by atoms with Gasteiger partial charge in [0.15, 0.2) is 5.78 Å². The quantitative estimate of drug-likeness (QED) is 0.502. The van der Waals surface area contributed by atoms with Crippen molar-refractivity contribution in [3.05, 3.63) is 89.7 Å². The van der Waals surface area contributed by atoms with Crippen LogP contribution < -0.4 is 10.1 Å². The van der Waals surface area contributed by atoms with Gasteiger partial charge in [0.05, 0.1) is 19.0 Å². The summed E-state index contributed by atoms with van der Waals surface area (Å²) in [5.41, 5.74) is 3.91. The fraction of sp³-hybridized carbons (Fsp3) is 0.0909. The third kappa shape index (κ3) is 3.53. The maximum absolute atomic E-state index is 13.0. The Labute approximate surface area is 157 Å². The van der Waals surface area contributed by atoms with E-state index in [4.69, 9.17) is 4.74 Å². The summed E-state index contributed by atoms with van der Waals surface area (Å²) in [5, 5.41) is 4.15. The molecular formula is C22H19N3O2. The van der Waals surface area contributed by atoms with Crippen LogP contribution in [0.1, 0.15) is 21.5 Å². The fourth-order valence-electron chi connectivity index (χ4n) is 3.01. The van der Waals surface area contributed by atoms with E-state index in [2.05, 4.69) is 27.4 Å². The first-order valence-electron chi connectivity index (χ1n) is 8.68. The Morgan fingerprint density at radius 1 is 1.11 bits per heavy atom. The highest BCUT2D eigenvalue weighted by Gasteiger charge is 2.16. The summed E-state index contributed by atoms with van der Waals surface area (Å²) in [6.07, 6.45) is 3.47. The number of nitrogens with one attached hydrogen (secondary N) is 2. The first-order valence-corrected chi connectivity index (χ1v) is 8.68. The van der Waals surface area contributed by atoms with Gasteiger partial charge >= 0.3 is 0 Å². The highest BCUT2D eigenvalue weighted by molar-refractivity contribution is 6.16. The molecule has 4 rings (SSSR count). The average Bonchev–Trinajstić information content (AvgIpc) is 3.15. The smallest absolute Gasteiger partial charge is 0.195 e. The van der Waals surface area contributed by atoms with Crippen molar-refractivity contribution in [2.45, 2.75) is 6.54 Å². The van der Waals surface area contributed by atoms with Crippen LogP contribution in [0.2, 0.25) is 0 Å². The third-order valence-electron chi connectivity index (χ3n) is 4.45. The maximum atomic E-state index is 13.0. The number of ketones is 1. The second-order valence-electron chi connectivity index (χ2n) is 6.22. The van der Waals surface area contributed by atoms with Gasteiger partial charge in [-0.2, -0.15) is 0 Å². The fourth-order valence-corrected chi connectivity index (χ4v) is 3.01. The Hall–Kier alpha value is -3.60. The summed E-state index contributed by atoms with van der Waals surface area (Å²) in [7, 11) is 1.59. The Kier molecular flexibility index (Phi) is 4.58. The number of fused-ring (bicyclic) bond motifs is 1. The number of aromatic amines is 1. The molecule has 0 atom stereocenters. The molecule has 5 heteroatoms. The molecule has 4 aromatic rings. The molecule has 0 aliphatic carbocycles. The van der Waals surface area contributed by atoms with Crippen molar-refractivity contribution in [1.29, 1.82) is 0 Å². The lowest BCUT2D eigenvalue weighted by Gasteiger charge is -2.07. The molecule has 27 heavy (non-hydrogen) atoms. The molecule has 2 heterocycles. The van der Waals surface area contributed by atoms with Gasteiger partial charge in [-0.05, 0) is 23.8 Å². The topological polar surface area (TPSA) is 67.0 Å². The number of methoxy groups -OCH3 is 1. The lowest BCUT2D eigenvalue weighted by atomic mass is 10.0. The van der Waals surface area contributed by atoms with E-state index in [1.165, 1.54) is 5.56 Å². The number of rotatable bonds is 6. The molecule has 0 aliphatic heterocycles. The summed E-state index contributed by atoms with van der Waals surface area (Å²) in [5.74, 6) is 0.589. The van der Waals surface area contributed by atoms with E-state index in [1.807, 2.05) is 36.4 Å². The van der Waals surface area contributed by atoms with E-state index < -0.39 is 0 Å². The summed E-state index contributed by atoms with van der Waals surface area (Å²) < 4.78 is 5.22. The Morgan fingerprint density at radius 2 is 1.96 bits per heavy atom. The van der Waals surface area contributed by atoms with E-state index in [-0.39, 0.29) is 5.78 Å². The van der Waals surface area contributed by atoms with Crippen molar-refractivity contribution < 1.29 is 9.53 Å². The second-order valence-corrected chi connectivity index (χ2v) is 6.22. The number of nitrogens with zero attached hydrogens (tertiary/aromatic N) is 1. The number of pyridine rings is 1.